The van der Waals surface area contributed by atoms with Crippen LogP contribution in [-0.2, 0) is 4.79 Å². The highest BCUT2D eigenvalue weighted by molar-refractivity contribution is 7.10. The molecule has 4 heteroatoms. The molecule has 3 aromatic rings. The fourth-order valence-electron chi connectivity index (χ4n) is 3.70. The first-order chi connectivity index (χ1) is 13.8. The van der Waals surface area contributed by atoms with E-state index in [4.69, 9.17) is 0 Å². The van der Waals surface area contributed by atoms with Gasteiger partial charge in [0.1, 0.15) is 6.04 Å². The molecule has 2 aromatic carbocycles. The lowest BCUT2D eigenvalue weighted by molar-refractivity contribution is -0.676. The van der Waals surface area contributed by atoms with Crippen molar-refractivity contribution in [3.05, 3.63) is 100 Å². The third-order valence-electron chi connectivity index (χ3n) is 5.24. The van der Waals surface area contributed by atoms with E-state index in [2.05, 4.69) is 77.4 Å². The monoisotopic (exact) mass is 389 g/mol. The molecule has 0 unspecified atom stereocenters. The van der Waals surface area contributed by atoms with Crippen LogP contribution in [0, 0.1) is 0 Å². The molecule has 0 saturated heterocycles. The summed E-state index contributed by atoms with van der Waals surface area (Å²) in [5.41, 5.74) is 3.85. The maximum atomic E-state index is 12.8. The van der Waals surface area contributed by atoms with Crippen LogP contribution in [0.15, 0.2) is 84.3 Å². The van der Waals surface area contributed by atoms with Gasteiger partial charge < -0.3 is 10.2 Å². The maximum absolute atomic E-state index is 12.8. The fraction of sp³-hybridized carbons (Fsp3) is 0.208. The van der Waals surface area contributed by atoms with Gasteiger partial charge in [0.2, 0.25) is 0 Å². The second-order valence-corrected chi connectivity index (χ2v) is 8.01. The van der Waals surface area contributed by atoms with Gasteiger partial charge in [-0.1, -0.05) is 72.8 Å². The van der Waals surface area contributed by atoms with Crippen molar-refractivity contribution in [2.24, 2.45) is 0 Å². The van der Waals surface area contributed by atoms with Gasteiger partial charge in [0, 0.05) is 18.7 Å². The Morgan fingerprint density at radius 2 is 1.75 bits per heavy atom. The summed E-state index contributed by atoms with van der Waals surface area (Å²) in [6.07, 6.45) is 3.12. The summed E-state index contributed by atoms with van der Waals surface area (Å²) >= 11 is 1.75. The van der Waals surface area contributed by atoms with Gasteiger partial charge in [-0.15, -0.1) is 11.3 Å². The molecule has 3 nitrogen and oxygen atoms in total. The van der Waals surface area contributed by atoms with Crippen molar-refractivity contribution in [2.45, 2.75) is 12.5 Å². The summed E-state index contributed by atoms with van der Waals surface area (Å²) in [7, 11) is 0. The maximum Gasteiger partial charge on any atom is 0.278 e. The summed E-state index contributed by atoms with van der Waals surface area (Å²) < 4.78 is 0. The summed E-state index contributed by atoms with van der Waals surface area (Å²) in [5, 5.41) is 4.27. The minimum atomic E-state index is 0.172. The van der Waals surface area contributed by atoms with Crippen LogP contribution < -0.4 is 5.32 Å². The second kappa shape index (κ2) is 9.00. The predicted molar refractivity (Wildman–Crippen MR) is 115 cm³/mol. The molecular weight excluding hydrogens is 364 g/mol. The third kappa shape index (κ3) is 4.41. The molecule has 0 spiro atoms. The molecule has 1 atom stereocenters. The number of nitrogens with two attached hydrogens (primary N) is 1. The highest BCUT2D eigenvalue weighted by Gasteiger charge is 2.23. The molecule has 0 saturated carbocycles. The number of hydrogen-bond donors (Lipinski definition) is 1. The van der Waals surface area contributed by atoms with Crippen molar-refractivity contribution in [3.63, 3.8) is 0 Å². The minimum Gasteiger partial charge on any atom is -0.334 e. The molecule has 1 aliphatic rings. The number of carbonyl (C=O) groups excluding carboxylic acids is 1. The van der Waals surface area contributed by atoms with Gasteiger partial charge in [-0.2, -0.15) is 0 Å². The smallest absolute Gasteiger partial charge is 0.278 e. The Hall–Kier alpha value is -2.69. The average Bonchev–Trinajstić information content (AvgIpc) is 3.30. The number of amides is 1. The van der Waals surface area contributed by atoms with Crippen molar-refractivity contribution in [1.29, 1.82) is 0 Å². The van der Waals surface area contributed by atoms with Gasteiger partial charge in [-0.3, -0.25) is 4.79 Å². The third-order valence-corrected chi connectivity index (χ3v) is 6.20. The van der Waals surface area contributed by atoms with E-state index < -0.39 is 0 Å². The number of hydrogen-bond acceptors (Lipinski definition) is 2. The zero-order valence-electron chi connectivity index (χ0n) is 15.8. The Morgan fingerprint density at radius 3 is 2.39 bits per heavy atom. The van der Waals surface area contributed by atoms with Gasteiger partial charge in [-0.25, -0.2) is 0 Å². The van der Waals surface area contributed by atoms with E-state index in [-0.39, 0.29) is 11.9 Å². The van der Waals surface area contributed by atoms with Crippen molar-refractivity contribution in [1.82, 2.24) is 4.90 Å². The van der Waals surface area contributed by atoms with Gasteiger partial charge in [0.05, 0.1) is 4.88 Å². The van der Waals surface area contributed by atoms with Crippen LogP contribution in [0.25, 0.3) is 5.57 Å². The number of benzene rings is 2. The molecule has 0 bridgehead atoms. The standard InChI is InChI=1S/C24H24N2OS/c27-23(26-15-13-20(14-16-26)19-8-3-1-4-9-19)18-25-24(22-12-7-17-28-22)21-10-5-2-6-11-21/h1-13,17,24-25H,14-16,18H2/p+1/t24-/m1/s1. The Morgan fingerprint density at radius 1 is 1.00 bits per heavy atom. The van der Waals surface area contributed by atoms with Crippen molar-refractivity contribution < 1.29 is 10.1 Å². The lowest BCUT2D eigenvalue weighted by Crippen LogP contribution is -2.87. The molecule has 0 radical (unpaired) electrons. The molecule has 142 valence electrons. The SMILES string of the molecule is O=C(C[NH2+][C@H](c1ccccc1)c1cccs1)N1CC=C(c2ccccc2)CC1. The number of carbonyl (C=O) groups is 1. The molecule has 0 fully saturated rings. The molecule has 1 aromatic heterocycles. The highest BCUT2D eigenvalue weighted by Crippen LogP contribution is 2.23. The van der Waals surface area contributed by atoms with E-state index in [0.29, 0.717) is 13.1 Å². The van der Waals surface area contributed by atoms with Crippen LogP contribution in [0.4, 0.5) is 0 Å². The number of quaternary nitrogens is 1. The fourth-order valence-corrected chi connectivity index (χ4v) is 4.55. The first-order valence-electron chi connectivity index (χ1n) is 9.75. The Labute approximate surface area is 170 Å². The molecular formula is C24H25N2OS+. The van der Waals surface area contributed by atoms with E-state index in [1.165, 1.54) is 21.6 Å². The van der Waals surface area contributed by atoms with Crippen molar-refractivity contribution in [3.8, 4) is 0 Å². The summed E-state index contributed by atoms with van der Waals surface area (Å²) in [6, 6.07) is 25.3. The first-order valence-corrected chi connectivity index (χ1v) is 10.6. The minimum absolute atomic E-state index is 0.172. The van der Waals surface area contributed by atoms with Crippen LogP contribution in [0.2, 0.25) is 0 Å². The molecule has 0 aliphatic carbocycles. The van der Waals surface area contributed by atoms with Crippen molar-refractivity contribution >= 4 is 22.8 Å². The van der Waals surface area contributed by atoms with E-state index in [0.717, 1.165) is 13.0 Å². The number of rotatable bonds is 6. The van der Waals surface area contributed by atoms with E-state index in [1.807, 2.05) is 17.0 Å². The van der Waals surface area contributed by atoms with Gasteiger partial charge >= 0.3 is 0 Å². The van der Waals surface area contributed by atoms with Crippen LogP contribution in [0.3, 0.4) is 0 Å². The van der Waals surface area contributed by atoms with Crippen LogP contribution >= 0.6 is 11.3 Å². The summed E-state index contributed by atoms with van der Waals surface area (Å²) in [6.45, 7) is 1.96. The quantitative estimate of drug-likeness (QED) is 0.685. The van der Waals surface area contributed by atoms with Crippen LogP contribution in [0.5, 0.6) is 0 Å². The predicted octanol–water partition coefficient (Wildman–Crippen LogP) is 3.72. The average molecular weight is 390 g/mol. The van der Waals surface area contributed by atoms with E-state index in [1.54, 1.807) is 11.3 Å². The topological polar surface area (TPSA) is 36.9 Å². The zero-order valence-corrected chi connectivity index (χ0v) is 16.6. The van der Waals surface area contributed by atoms with Gasteiger partial charge in [0.15, 0.2) is 6.54 Å². The Balaban J connectivity index is 1.39. The summed E-state index contributed by atoms with van der Waals surface area (Å²) in [4.78, 5) is 16.1. The van der Waals surface area contributed by atoms with Gasteiger partial charge in [-0.05, 0) is 29.0 Å². The van der Waals surface area contributed by atoms with Crippen LogP contribution in [0.1, 0.15) is 28.5 Å². The lowest BCUT2D eigenvalue weighted by Gasteiger charge is -2.26. The molecule has 2 heterocycles. The molecule has 1 aliphatic heterocycles. The first kappa shape index (κ1) is 18.7. The van der Waals surface area contributed by atoms with E-state index >= 15 is 0 Å². The van der Waals surface area contributed by atoms with E-state index in [9.17, 15) is 4.79 Å². The molecule has 2 N–H and O–H groups in total. The number of nitrogens with zero attached hydrogens (tertiary/aromatic N) is 1. The van der Waals surface area contributed by atoms with Crippen molar-refractivity contribution in [2.75, 3.05) is 19.6 Å². The molecule has 4 rings (SSSR count). The Bertz CT molecular complexity index is 920. The summed E-state index contributed by atoms with van der Waals surface area (Å²) in [5.74, 6) is 0.209. The molecule has 1 amide bonds. The second-order valence-electron chi connectivity index (χ2n) is 7.03. The Kier molecular flexibility index (Phi) is 6.00. The lowest BCUT2D eigenvalue weighted by atomic mass is 9.99. The zero-order chi connectivity index (χ0) is 19.2. The normalized spacial score (nSPS) is 15.1. The molecule has 28 heavy (non-hydrogen) atoms. The number of thiophene rings is 1. The largest absolute Gasteiger partial charge is 0.334 e. The van der Waals surface area contributed by atoms with Gasteiger partial charge in [0.25, 0.3) is 5.91 Å². The highest BCUT2D eigenvalue weighted by atomic mass is 32.1. The van der Waals surface area contributed by atoms with Crippen LogP contribution in [-0.4, -0.2) is 30.4 Å².